The zero-order valence-electron chi connectivity index (χ0n) is 12.9. The van der Waals surface area contributed by atoms with E-state index >= 15 is 0 Å². The summed E-state index contributed by atoms with van der Waals surface area (Å²) in [6.45, 7) is 0. The molecule has 0 saturated heterocycles. The topological polar surface area (TPSA) is 90.7 Å². The Morgan fingerprint density at radius 2 is 1.64 bits per heavy atom. The van der Waals surface area contributed by atoms with Crippen LogP contribution in [0.1, 0.15) is 16.1 Å². The average molecular weight is 333 g/mol. The van der Waals surface area contributed by atoms with Crippen LogP contribution in [-0.4, -0.2) is 15.9 Å². The van der Waals surface area contributed by atoms with E-state index in [0.717, 1.165) is 5.69 Å². The van der Waals surface area contributed by atoms with Gasteiger partial charge in [-0.1, -0.05) is 0 Å². The lowest BCUT2D eigenvalue weighted by Gasteiger charge is -2.07. The van der Waals surface area contributed by atoms with E-state index in [1.54, 1.807) is 24.3 Å². The number of halogens is 1. The number of carbonyl (C=O) groups is 1. The van der Waals surface area contributed by atoms with Crippen LogP contribution in [0.25, 0.3) is 0 Å². The van der Waals surface area contributed by atoms with E-state index in [9.17, 15) is 9.18 Å². The van der Waals surface area contributed by atoms with Crippen LogP contribution in [0, 0.1) is 17.1 Å². The second-order valence-corrected chi connectivity index (χ2v) is 5.06. The van der Waals surface area contributed by atoms with Crippen molar-refractivity contribution in [3.63, 3.8) is 0 Å². The average Bonchev–Trinajstić information content (AvgIpc) is 2.65. The molecule has 3 aromatic rings. The molecule has 1 aromatic heterocycles. The lowest BCUT2D eigenvalue weighted by molar-refractivity contribution is 0.102. The number of anilines is 3. The number of rotatable bonds is 4. The Bertz CT molecular complexity index is 916. The van der Waals surface area contributed by atoms with E-state index in [1.807, 2.05) is 6.07 Å². The Morgan fingerprint density at radius 3 is 2.24 bits per heavy atom. The third-order valence-electron chi connectivity index (χ3n) is 3.27. The first-order valence-electron chi connectivity index (χ1n) is 7.30. The van der Waals surface area contributed by atoms with Crippen molar-refractivity contribution in [3.8, 4) is 6.07 Å². The molecule has 7 heteroatoms. The molecular formula is C18H12FN5O. The number of amides is 1. The zero-order chi connectivity index (χ0) is 17.6. The number of hydrogen-bond donors (Lipinski definition) is 2. The van der Waals surface area contributed by atoms with Crippen molar-refractivity contribution in [2.75, 3.05) is 10.6 Å². The maximum atomic E-state index is 12.9. The molecule has 6 nitrogen and oxygen atoms in total. The largest absolute Gasteiger partial charge is 0.339 e. The van der Waals surface area contributed by atoms with Crippen molar-refractivity contribution in [2.45, 2.75) is 0 Å². The van der Waals surface area contributed by atoms with Gasteiger partial charge < -0.3 is 10.6 Å². The summed E-state index contributed by atoms with van der Waals surface area (Å²) >= 11 is 0. The minimum absolute atomic E-state index is 0.134. The van der Waals surface area contributed by atoms with Crippen molar-refractivity contribution >= 4 is 23.1 Å². The minimum atomic E-state index is -0.441. The third-order valence-corrected chi connectivity index (χ3v) is 3.27. The maximum absolute atomic E-state index is 12.9. The lowest BCUT2D eigenvalue weighted by atomic mass is 10.2. The van der Waals surface area contributed by atoms with E-state index in [2.05, 4.69) is 20.6 Å². The van der Waals surface area contributed by atoms with Crippen molar-refractivity contribution in [1.29, 1.82) is 5.26 Å². The highest BCUT2D eigenvalue weighted by molar-refractivity contribution is 6.02. The smallest absolute Gasteiger partial charge is 0.275 e. The molecule has 2 aromatic carbocycles. The summed E-state index contributed by atoms with van der Waals surface area (Å²) < 4.78 is 12.9. The number of nitrogens with zero attached hydrogens (tertiary/aromatic N) is 3. The van der Waals surface area contributed by atoms with Gasteiger partial charge in [-0.15, -0.1) is 0 Å². The molecule has 0 unspecified atom stereocenters. The second-order valence-electron chi connectivity index (χ2n) is 5.06. The highest BCUT2D eigenvalue weighted by Gasteiger charge is 2.09. The molecule has 25 heavy (non-hydrogen) atoms. The fourth-order valence-corrected chi connectivity index (χ4v) is 2.01. The fourth-order valence-electron chi connectivity index (χ4n) is 2.01. The molecule has 2 N–H and O–H groups in total. The number of hydrogen-bond acceptors (Lipinski definition) is 5. The molecule has 1 heterocycles. The Morgan fingerprint density at radius 1 is 0.960 bits per heavy atom. The number of nitriles is 1. The predicted octanol–water partition coefficient (Wildman–Crippen LogP) is 3.48. The van der Waals surface area contributed by atoms with Gasteiger partial charge >= 0.3 is 0 Å². The second kappa shape index (κ2) is 7.19. The SMILES string of the molecule is N#Cc1ccc(Nc2cnc(C(=O)Nc3ccc(F)cc3)cn2)cc1. The van der Waals surface area contributed by atoms with Gasteiger partial charge in [0.1, 0.15) is 17.3 Å². The molecule has 0 saturated carbocycles. The van der Waals surface area contributed by atoms with Gasteiger partial charge in [-0.2, -0.15) is 5.26 Å². The molecule has 0 bridgehead atoms. The Balaban J connectivity index is 1.65. The van der Waals surface area contributed by atoms with Crippen molar-refractivity contribution in [1.82, 2.24) is 9.97 Å². The van der Waals surface area contributed by atoms with Crippen LogP contribution in [-0.2, 0) is 0 Å². The molecule has 0 spiro atoms. The molecule has 0 aliphatic rings. The molecule has 0 fully saturated rings. The molecule has 0 aliphatic heterocycles. The van der Waals surface area contributed by atoms with Crippen LogP contribution in [0.5, 0.6) is 0 Å². The van der Waals surface area contributed by atoms with Gasteiger partial charge in [0.25, 0.3) is 5.91 Å². The van der Waals surface area contributed by atoms with E-state index in [4.69, 9.17) is 5.26 Å². The Labute approximate surface area is 143 Å². The summed E-state index contributed by atoms with van der Waals surface area (Å²) in [5, 5.41) is 14.4. The van der Waals surface area contributed by atoms with Crippen LogP contribution >= 0.6 is 0 Å². The van der Waals surface area contributed by atoms with Gasteiger partial charge in [-0.25, -0.2) is 14.4 Å². The first-order chi connectivity index (χ1) is 12.1. The molecule has 122 valence electrons. The van der Waals surface area contributed by atoms with Crippen molar-refractivity contribution in [3.05, 3.63) is 78.0 Å². The number of nitrogens with one attached hydrogen (secondary N) is 2. The van der Waals surface area contributed by atoms with Crippen molar-refractivity contribution in [2.24, 2.45) is 0 Å². The van der Waals surface area contributed by atoms with E-state index < -0.39 is 5.91 Å². The molecule has 0 aliphatic carbocycles. The number of carbonyl (C=O) groups excluding carboxylic acids is 1. The van der Waals surface area contributed by atoms with Gasteiger partial charge in [0, 0.05) is 11.4 Å². The standard InChI is InChI=1S/C18H12FN5O/c19-13-3-7-15(8-4-13)24-18(25)16-10-22-17(11-21-16)23-14-5-1-12(9-20)2-6-14/h1-8,10-11H,(H,22,23)(H,24,25). The van der Waals surface area contributed by atoms with Gasteiger partial charge in [0.05, 0.1) is 24.0 Å². The molecule has 0 atom stereocenters. The fraction of sp³-hybridized carbons (Fsp3) is 0. The minimum Gasteiger partial charge on any atom is -0.339 e. The molecule has 1 amide bonds. The molecule has 0 radical (unpaired) electrons. The quantitative estimate of drug-likeness (QED) is 0.763. The third kappa shape index (κ3) is 4.14. The number of benzene rings is 2. The summed E-state index contributed by atoms with van der Waals surface area (Å²) in [4.78, 5) is 20.3. The summed E-state index contributed by atoms with van der Waals surface area (Å²) in [5.41, 5.74) is 1.91. The molecular weight excluding hydrogens is 321 g/mol. The summed E-state index contributed by atoms with van der Waals surface area (Å²) in [5.74, 6) is -0.358. The van der Waals surface area contributed by atoms with Crippen LogP contribution in [0.3, 0.4) is 0 Å². The van der Waals surface area contributed by atoms with Crippen LogP contribution < -0.4 is 10.6 Å². The Hall–Kier alpha value is -3.79. The predicted molar refractivity (Wildman–Crippen MR) is 90.8 cm³/mol. The van der Waals surface area contributed by atoms with Crippen molar-refractivity contribution < 1.29 is 9.18 Å². The summed E-state index contributed by atoms with van der Waals surface area (Å²) in [7, 11) is 0. The highest BCUT2D eigenvalue weighted by Crippen LogP contribution is 2.15. The maximum Gasteiger partial charge on any atom is 0.275 e. The lowest BCUT2D eigenvalue weighted by Crippen LogP contribution is -2.14. The van der Waals surface area contributed by atoms with Gasteiger partial charge in [-0.3, -0.25) is 4.79 Å². The van der Waals surface area contributed by atoms with Crippen LogP contribution in [0.4, 0.5) is 21.6 Å². The van der Waals surface area contributed by atoms with Gasteiger partial charge in [-0.05, 0) is 48.5 Å². The van der Waals surface area contributed by atoms with E-state index in [-0.39, 0.29) is 11.5 Å². The first kappa shape index (κ1) is 16.1. The van der Waals surface area contributed by atoms with Crippen LogP contribution in [0.2, 0.25) is 0 Å². The first-order valence-corrected chi connectivity index (χ1v) is 7.30. The van der Waals surface area contributed by atoms with E-state index in [1.165, 1.54) is 36.7 Å². The van der Waals surface area contributed by atoms with Crippen LogP contribution in [0.15, 0.2) is 60.9 Å². The van der Waals surface area contributed by atoms with Gasteiger partial charge in [0.2, 0.25) is 0 Å². The normalized spacial score (nSPS) is 9.92. The zero-order valence-corrected chi connectivity index (χ0v) is 12.9. The van der Waals surface area contributed by atoms with E-state index in [0.29, 0.717) is 17.1 Å². The molecule has 3 rings (SSSR count). The van der Waals surface area contributed by atoms with Gasteiger partial charge in [0.15, 0.2) is 0 Å². The number of aromatic nitrogens is 2. The Kier molecular flexibility index (Phi) is 4.62. The summed E-state index contributed by atoms with van der Waals surface area (Å²) in [6, 6.07) is 14.3. The summed E-state index contributed by atoms with van der Waals surface area (Å²) in [6.07, 6.45) is 2.77. The highest BCUT2D eigenvalue weighted by atomic mass is 19.1. The monoisotopic (exact) mass is 333 g/mol.